The minimum atomic E-state index is -0.378. The summed E-state index contributed by atoms with van der Waals surface area (Å²) in [6.07, 6.45) is 2.07. The molecule has 0 bridgehead atoms. The second-order valence-electron chi connectivity index (χ2n) is 6.40. The Labute approximate surface area is 151 Å². The summed E-state index contributed by atoms with van der Waals surface area (Å²) in [5.74, 6) is -0.0113. The van der Waals surface area contributed by atoms with Gasteiger partial charge in [0, 0.05) is 18.0 Å². The molecule has 0 aliphatic carbocycles. The Morgan fingerprint density at radius 2 is 2.28 bits per heavy atom. The van der Waals surface area contributed by atoms with Gasteiger partial charge in [-0.1, -0.05) is 12.1 Å². The number of carbonyl (C=O) groups is 1. The van der Waals surface area contributed by atoms with E-state index in [2.05, 4.69) is 11.4 Å². The first kappa shape index (κ1) is 17.9. The molecule has 0 spiro atoms. The Kier molecular flexibility index (Phi) is 5.71. The van der Waals surface area contributed by atoms with Crippen molar-refractivity contribution in [3.05, 3.63) is 52.0 Å². The quantitative estimate of drug-likeness (QED) is 0.786. The van der Waals surface area contributed by atoms with Crippen molar-refractivity contribution in [3.63, 3.8) is 0 Å². The molecule has 6 heteroatoms. The van der Waals surface area contributed by atoms with Gasteiger partial charge in [0.25, 0.3) is 0 Å². The minimum absolute atomic E-state index is 0.132. The Hall–Kier alpha value is -1.92. The zero-order valence-corrected chi connectivity index (χ0v) is 15.4. The van der Waals surface area contributed by atoms with Gasteiger partial charge in [-0.3, -0.25) is 9.69 Å². The van der Waals surface area contributed by atoms with Crippen LogP contribution in [0.5, 0.6) is 5.75 Å². The second-order valence-corrected chi connectivity index (χ2v) is 7.38. The van der Waals surface area contributed by atoms with Crippen LogP contribution in [0.4, 0.5) is 4.39 Å². The van der Waals surface area contributed by atoms with E-state index in [0.717, 1.165) is 24.9 Å². The van der Waals surface area contributed by atoms with Crippen molar-refractivity contribution < 1.29 is 13.9 Å². The topological polar surface area (TPSA) is 32.8 Å². The molecule has 1 aliphatic rings. The third-order valence-electron chi connectivity index (χ3n) is 4.52. The fourth-order valence-electron chi connectivity index (χ4n) is 3.34. The largest absolute Gasteiger partial charge is 0.494 e. The van der Waals surface area contributed by atoms with E-state index in [0.29, 0.717) is 13.1 Å². The molecule has 25 heavy (non-hydrogen) atoms. The Morgan fingerprint density at radius 3 is 2.96 bits per heavy atom. The van der Waals surface area contributed by atoms with E-state index in [1.165, 1.54) is 18.1 Å². The van der Waals surface area contributed by atoms with Crippen LogP contribution in [-0.4, -0.2) is 43.0 Å². The predicted molar refractivity (Wildman–Crippen MR) is 97.3 cm³/mol. The van der Waals surface area contributed by atoms with Crippen molar-refractivity contribution in [2.75, 3.05) is 27.2 Å². The summed E-state index contributed by atoms with van der Waals surface area (Å²) >= 11 is 1.71. The lowest BCUT2D eigenvalue weighted by Crippen LogP contribution is -2.38. The molecule has 1 aromatic heterocycles. The summed E-state index contributed by atoms with van der Waals surface area (Å²) in [6.45, 7) is 1.66. The van der Waals surface area contributed by atoms with Crippen LogP contribution in [0.15, 0.2) is 35.7 Å². The molecule has 134 valence electrons. The number of likely N-dealkylation sites (N-methyl/N-ethyl adjacent to an activating group) is 1. The summed E-state index contributed by atoms with van der Waals surface area (Å²) in [7, 11) is 3.33. The van der Waals surface area contributed by atoms with Gasteiger partial charge in [-0.05, 0) is 49.0 Å². The van der Waals surface area contributed by atoms with Crippen molar-refractivity contribution in [1.82, 2.24) is 9.80 Å². The van der Waals surface area contributed by atoms with Crippen LogP contribution in [0, 0.1) is 5.82 Å². The maximum Gasteiger partial charge on any atom is 0.237 e. The number of benzene rings is 1. The SMILES string of the molecule is COc1ccc(CN(C)CC(=O)N2CCCC2c2cccs2)cc1F. The fourth-order valence-corrected chi connectivity index (χ4v) is 4.21. The first-order valence-electron chi connectivity index (χ1n) is 8.42. The van der Waals surface area contributed by atoms with Gasteiger partial charge in [0.2, 0.25) is 5.91 Å². The lowest BCUT2D eigenvalue weighted by molar-refractivity contribution is -0.133. The fraction of sp³-hybridized carbons (Fsp3) is 0.421. The van der Waals surface area contributed by atoms with Crippen LogP contribution in [0.1, 0.15) is 29.3 Å². The average Bonchev–Trinajstić information content (AvgIpc) is 3.26. The number of carbonyl (C=O) groups excluding carboxylic acids is 1. The molecule has 1 aliphatic heterocycles. The van der Waals surface area contributed by atoms with Gasteiger partial charge in [0.15, 0.2) is 11.6 Å². The molecule has 4 nitrogen and oxygen atoms in total. The summed E-state index contributed by atoms with van der Waals surface area (Å²) in [5, 5.41) is 2.06. The number of thiophene rings is 1. The number of likely N-dealkylation sites (tertiary alicyclic amines) is 1. The Bertz CT molecular complexity index is 720. The highest BCUT2D eigenvalue weighted by molar-refractivity contribution is 7.10. The Balaban J connectivity index is 1.59. The molecule has 2 aromatic rings. The average molecular weight is 362 g/mol. The number of halogens is 1. The zero-order valence-electron chi connectivity index (χ0n) is 14.6. The number of methoxy groups -OCH3 is 1. The minimum Gasteiger partial charge on any atom is -0.494 e. The van der Waals surface area contributed by atoms with Crippen molar-refractivity contribution in [3.8, 4) is 5.75 Å². The van der Waals surface area contributed by atoms with E-state index in [4.69, 9.17) is 4.74 Å². The molecule has 1 amide bonds. The summed E-state index contributed by atoms with van der Waals surface area (Å²) in [6, 6.07) is 9.25. The third kappa shape index (κ3) is 4.19. The first-order chi connectivity index (χ1) is 12.1. The molecule has 1 fully saturated rings. The molecule has 1 aromatic carbocycles. The van der Waals surface area contributed by atoms with E-state index in [-0.39, 0.29) is 23.5 Å². The monoisotopic (exact) mass is 362 g/mol. The molecular weight excluding hydrogens is 339 g/mol. The predicted octanol–water partition coefficient (Wildman–Crippen LogP) is 3.69. The number of hydrogen-bond donors (Lipinski definition) is 0. The van der Waals surface area contributed by atoms with E-state index >= 15 is 0 Å². The van der Waals surface area contributed by atoms with Crippen molar-refractivity contribution >= 4 is 17.2 Å². The number of rotatable bonds is 6. The molecule has 3 rings (SSSR count). The normalized spacial score (nSPS) is 17.3. The van der Waals surface area contributed by atoms with E-state index in [1.54, 1.807) is 17.4 Å². The number of nitrogens with zero attached hydrogens (tertiary/aromatic N) is 2. The van der Waals surface area contributed by atoms with Gasteiger partial charge in [0.05, 0.1) is 19.7 Å². The molecule has 1 saturated heterocycles. The summed E-state index contributed by atoms with van der Waals surface area (Å²) < 4.78 is 18.7. The summed E-state index contributed by atoms with van der Waals surface area (Å²) in [4.78, 5) is 17.9. The van der Waals surface area contributed by atoms with Gasteiger partial charge in [0.1, 0.15) is 0 Å². The van der Waals surface area contributed by atoms with Gasteiger partial charge in [-0.15, -0.1) is 11.3 Å². The summed E-state index contributed by atoms with van der Waals surface area (Å²) in [5.41, 5.74) is 0.824. The van der Waals surface area contributed by atoms with Crippen molar-refractivity contribution in [2.45, 2.75) is 25.4 Å². The van der Waals surface area contributed by atoms with Gasteiger partial charge < -0.3 is 9.64 Å². The molecule has 1 atom stereocenters. The number of hydrogen-bond acceptors (Lipinski definition) is 4. The van der Waals surface area contributed by atoms with Crippen LogP contribution < -0.4 is 4.74 Å². The highest BCUT2D eigenvalue weighted by Crippen LogP contribution is 2.34. The number of ether oxygens (including phenoxy) is 1. The van der Waals surface area contributed by atoms with Gasteiger partial charge in [-0.25, -0.2) is 4.39 Å². The Morgan fingerprint density at radius 1 is 1.44 bits per heavy atom. The molecule has 0 radical (unpaired) electrons. The standard InChI is InChI=1S/C19H23FN2O2S/c1-21(12-14-7-8-17(24-2)15(20)11-14)13-19(23)22-9-3-5-16(22)18-6-4-10-25-18/h4,6-8,10-11,16H,3,5,9,12-13H2,1-2H3. The second kappa shape index (κ2) is 7.97. The maximum absolute atomic E-state index is 13.8. The van der Waals surface area contributed by atoms with Crippen LogP contribution in [0.2, 0.25) is 0 Å². The first-order valence-corrected chi connectivity index (χ1v) is 9.30. The maximum atomic E-state index is 13.8. The highest BCUT2D eigenvalue weighted by atomic mass is 32.1. The van der Waals surface area contributed by atoms with E-state index in [1.807, 2.05) is 29.0 Å². The van der Waals surface area contributed by atoms with Crippen LogP contribution in [0.25, 0.3) is 0 Å². The van der Waals surface area contributed by atoms with E-state index < -0.39 is 0 Å². The van der Waals surface area contributed by atoms with Gasteiger partial charge >= 0.3 is 0 Å². The molecule has 2 heterocycles. The molecule has 1 unspecified atom stereocenters. The zero-order chi connectivity index (χ0) is 17.8. The number of amides is 1. The van der Waals surface area contributed by atoms with Crippen LogP contribution >= 0.6 is 11.3 Å². The van der Waals surface area contributed by atoms with Crippen LogP contribution in [0.3, 0.4) is 0 Å². The lowest BCUT2D eigenvalue weighted by Gasteiger charge is -2.26. The van der Waals surface area contributed by atoms with Gasteiger partial charge in [-0.2, -0.15) is 0 Å². The molecule has 0 saturated carbocycles. The highest BCUT2D eigenvalue weighted by Gasteiger charge is 2.30. The lowest BCUT2D eigenvalue weighted by atomic mass is 10.2. The molecule has 0 N–H and O–H groups in total. The van der Waals surface area contributed by atoms with Crippen molar-refractivity contribution in [1.29, 1.82) is 0 Å². The van der Waals surface area contributed by atoms with Crippen molar-refractivity contribution in [2.24, 2.45) is 0 Å². The molecular formula is C19H23FN2O2S. The smallest absolute Gasteiger partial charge is 0.237 e. The van der Waals surface area contributed by atoms with E-state index in [9.17, 15) is 9.18 Å². The third-order valence-corrected chi connectivity index (χ3v) is 5.49. The van der Waals surface area contributed by atoms with Crippen LogP contribution in [-0.2, 0) is 11.3 Å².